The molecule has 5 heteroatoms. The van der Waals surface area contributed by atoms with E-state index in [2.05, 4.69) is 5.32 Å². The molecule has 3 nitrogen and oxygen atoms in total. The summed E-state index contributed by atoms with van der Waals surface area (Å²) in [5.41, 5.74) is -1.25. The van der Waals surface area contributed by atoms with Gasteiger partial charge in [-0.3, -0.25) is 4.79 Å². The average molecular weight is 219 g/mol. The third-order valence-electron chi connectivity index (χ3n) is 3.22. The highest BCUT2D eigenvalue weighted by Gasteiger charge is 2.53. The summed E-state index contributed by atoms with van der Waals surface area (Å²) in [7, 11) is 0. The van der Waals surface area contributed by atoms with Gasteiger partial charge in [-0.2, -0.15) is 0 Å². The van der Waals surface area contributed by atoms with Crippen LogP contribution in [-0.2, 0) is 9.53 Å². The first kappa shape index (κ1) is 10.8. The Bertz CT molecular complexity index is 266. The van der Waals surface area contributed by atoms with Gasteiger partial charge in [-0.25, -0.2) is 8.78 Å². The van der Waals surface area contributed by atoms with Crippen LogP contribution in [0.2, 0.25) is 0 Å². The predicted octanol–water partition coefficient (Wildman–Crippen LogP) is 1.33. The maximum Gasteiger partial charge on any atom is 0.261 e. The standard InChI is InChI=1S/C10H15F2NO2/c1-6-2-5-15-7(6)8(14)13-10(3-4-10)9(11)12/h6-7,9H,2-5H2,1H3,(H,13,14)/t6-,7+/m1/s1. The van der Waals surface area contributed by atoms with Crippen LogP contribution in [-0.4, -0.2) is 30.6 Å². The van der Waals surface area contributed by atoms with Crippen molar-refractivity contribution in [2.24, 2.45) is 5.92 Å². The van der Waals surface area contributed by atoms with Crippen molar-refractivity contribution in [3.8, 4) is 0 Å². The number of rotatable bonds is 3. The van der Waals surface area contributed by atoms with Crippen LogP contribution in [0.4, 0.5) is 8.78 Å². The fourth-order valence-electron chi connectivity index (χ4n) is 1.88. The molecule has 0 spiro atoms. The van der Waals surface area contributed by atoms with Crippen LogP contribution in [0.3, 0.4) is 0 Å². The summed E-state index contributed by atoms with van der Waals surface area (Å²) in [6, 6.07) is 0. The molecule has 0 aromatic rings. The van der Waals surface area contributed by atoms with E-state index in [1.54, 1.807) is 0 Å². The van der Waals surface area contributed by atoms with E-state index in [0.29, 0.717) is 19.4 Å². The minimum absolute atomic E-state index is 0.124. The Morgan fingerprint density at radius 3 is 2.60 bits per heavy atom. The van der Waals surface area contributed by atoms with Crippen molar-refractivity contribution < 1.29 is 18.3 Å². The van der Waals surface area contributed by atoms with Crippen LogP contribution in [0.1, 0.15) is 26.2 Å². The first-order valence-electron chi connectivity index (χ1n) is 5.27. The lowest BCUT2D eigenvalue weighted by atomic mass is 10.0. The van der Waals surface area contributed by atoms with E-state index in [1.807, 2.05) is 6.92 Å². The molecule has 1 aliphatic heterocycles. The third kappa shape index (κ3) is 1.97. The Hall–Kier alpha value is -0.710. The van der Waals surface area contributed by atoms with Crippen LogP contribution < -0.4 is 5.32 Å². The fraction of sp³-hybridized carbons (Fsp3) is 0.900. The highest BCUT2D eigenvalue weighted by Crippen LogP contribution is 2.41. The number of carbonyl (C=O) groups excluding carboxylic acids is 1. The molecule has 15 heavy (non-hydrogen) atoms. The Labute approximate surface area is 87.2 Å². The minimum atomic E-state index is -2.47. The number of ether oxygens (including phenoxy) is 1. The summed E-state index contributed by atoms with van der Waals surface area (Å²) >= 11 is 0. The zero-order chi connectivity index (χ0) is 11.1. The topological polar surface area (TPSA) is 38.3 Å². The summed E-state index contributed by atoms with van der Waals surface area (Å²) < 4.78 is 30.4. The molecule has 1 amide bonds. The smallest absolute Gasteiger partial charge is 0.261 e. The molecule has 2 fully saturated rings. The van der Waals surface area contributed by atoms with Gasteiger partial charge in [-0.05, 0) is 25.2 Å². The van der Waals surface area contributed by atoms with Gasteiger partial charge in [0.2, 0.25) is 5.91 Å². The van der Waals surface area contributed by atoms with Gasteiger partial charge in [0.05, 0.1) is 0 Å². The van der Waals surface area contributed by atoms with Crippen molar-refractivity contribution >= 4 is 5.91 Å². The highest BCUT2D eigenvalue weighted by atomic mass is 19.3. The average Bonchev–Trinajstić information content (AvgIpc) is 2.82. The van der Waals surface area contributed by atoms with Gasteiger partial charge >= 0.3 is 0 Å². The number of hydrogen-bond acceptors (Lipinski definition) is 2. The lowest BCUT2D eigenvalue weighted by Crippen LogP contribution is -2.48. The van der Waals surface area contributed by atoms with Crippen molar-refractivity contribution in [1.29, 1.82) is 0 Å². The summed E-state index contributed by atoms with van der Waals surface area (Å²) in [6.45, 7) is 2.44. The van der Waals surface area contributed by atoms with Gasteiger partial charge in [0.15, 0.2) is 0 Å². The summed E-state index contributed by atoms with van der Waals surface area (Å²) in [5.74, 6) is -0.253. The van der Waals surface area contributed by atoms with Crippen LogP contribution >= 0.6 is 0 Å². The van der Waals surface area contributed by atoms with Crippen molar-refractivity contribution in [3.05, 3.63) is 0 Å². The molecule has 1 saturated heterocycles. The van der Waals surface area contributed by atoms with E-state index in [-0.39, 0.29) is 11.8 Å². The second kappa shape index (κ2) is 3.70. The molecule has 0 aromatic heterocycles. The molecular weight excluding hydrogens is 204 g/mol. The number of amides is 1. The first-order chi connectivity index (χ1) is 7.05. The summed E-state index contributed by atoms with van der Waals surface area (Å²) in [6.07, 6.45) is -1.45. The number of alkyl halides is 2. The van der Waals surface area contributed by atoms with Crippen LogP contribution in [0.15, 0.2) is 0 Å². The molecule has 0 aromatic carbocycles. The maximum absolute atomic E-state index is 12.6. The lowest BCUT2D eigenvalue weighted by Gasteiger charge is -2.20. The Balaban J connectivity index is 1.92. The van der Waals surface area contributed by atoms with Gasteiger partial charge in [0.1, 0.15) is 11.6 Å². The molecule has 0 bridgehead atoms. The van der Waals surface area contributed by atoms with E-state index >= 15 is 0 Å². The van der Waals surface area contributed by atoms with Crippen molar-refractivity contribution in [2.75, 3.05) is 6.61 Å². The van der Waals surface area contributed by atoms with Crippen LogP contribution in [0.25, 0.3) is 0 Å². The quantitative estimate of drug-likeness (QED) is 0.777. The molecule has 2 aliphatic rings. The maximum atomic E-state index is 12.6. The van der Waals surface area contributed by atoms with Crippen molar-refractivity contribution in [3.63, 3.8) is 0 Å². The number of carbonyl (C=O) groups is 1. The SMILES string of the molecule is C[C@@H]1CCO[C@@H]1C(=O)NC1(C(F)F)CC1. The van der Waals surface area contributed by atoms with E-state index in [1.165, 1.54) is 0 Å². The molecular formula is C10H15F2NO2. The summed E-state index contributed by atoms with van der Waals surface area (Å²) in [4.78, 5) is 11.6. The minimum Gasteiger partial charge on any atom is -0.368 e. The number of halogens is 2. The van der Waals surface area contributed by atoms with E-state index in [9.17, 15) is 13.6 Å². The largest absolute Gasteiger partial charge is 0.368 e. The zero-order valence-corrected chi connectivity index (χ0v) is 8.63. The van der Waals surface area contributed by atoms with Gasteiger partial charge in [0.25, 0.3) is 6.43 Å². The lowest BCUT2D eigenvalue weighted by molar-refractivity contribution is -0.134. The van der Waals surface area contributed by atoms with E-state index in [0.717, 1.165) is 6.42 Å². The molecule has 1 aliphatic carbocycles. The van der Waals surface area contributed by atoms with Crippen LogP contribution in [0, 0.1) is 5.92 Å². The van der Waals surface area contributed by atoms with E-state index in [4.69, 9.17) is 4.74 Å². The fourth-order valence-corrected chi connectivity index (χ4v) is 1.88. The first-order valence-corrected chi connectivity index (χ1v) is 5.27. The zero-order valence-electron chi connectivity index (χ0n) is 8.63. The van der Waals surface area contributed by atoms with E-state index < -0.39 is 18.1 Å². The second-order valence-electron chi connectivity index (χ2n) is 4.50. The molecule has 0 radical (unpaired) electrons. The molecule has 1 heterocycles. The Kier molecular flexibility index (Phi) is 2.66. The number of nitrogens with one attached hydrogen (secondary N) is 1. The highest BCUT2D eigenvalue weighted by molar-refractivity contribution is 5.82. The predicted molar refractivity (Wildman–Crippen MR) is 49.6 cm³/mol. The monoisotopic (exact) mass is 219 g/mol. The summed E-state index contributed by atoms with van der Waals surface area (Å²) in [5, 5.41) is 2.43. The molecule has 1 saturated carbocycles. The van der Waals surface area contributed by atoms with Crippen LogP contribution in [0.5, 0.6) is 0 Å². The molecule has 0 unspecified atom stereocenters. The Morgan fingerprint density at radius 2 is 2.20 bits per heavy atom. The molecule has 1 N–H and O–H groups in total. The molecule has 2 atom stereocenters. The molecule has 2 rings (SSSR count). The van der Waals surface area contributed by atoms with Crippen molar-refractivity contribution in [2.45, 2.75) is 44.3 Å². The van der Waals surface area contributed by atoms with Gasteiger partial charge in [-0.15, -0.1) is 0 Å². The normalized spacial score (nSPS) is 33.1. The third-order valence-corrected chi connectivity index (χ3v) is 3.22. The molecule has 86 valence electrons. The van der Waals surface area contributed by atoms with Gasteiger partial charge in [0, 0.05) is 6.61 Å². The second-order valence-corrected chi connectivity index (χ2v) is 4.50. The Morgan fingerprint density at radius 1 is 1.53 bits per heavy atom. The van der Waals surface area contributed by atoms with Gasteiger partial charge in [-0.1, -0.05) is 6.92 Å². The van der Waals surface area contributed by atoms with Crippen molar-refractivity contribution in [1.82, 2.24) is 5.32 Å². The van der Waals surface area contributed by atoms with Gasteiger partial charge < -0.3 is 10.1 Å². The number of hydrogen-bond donors (Lipinski definition) is 1.